The second kappa shape index (κ2) is 17.7. The fraction of sp³-hybridized carbons (Fsp3) is 0.229. The summed E-state index contributed by atoms with van der Waals surface area (Å²) < 4.78 is 4.86. The lowest BCUT2D eigenvalue weighted by molar-refractivity contribution is 0.590. The summed E-state index contributed by atoms with van der Waals surface area (Å²) in [7, 11) is 0. The average Bonchev–Trinajstić information content (AvgIpc) is 4.03. The molecule has 6 nitrogen and oxygen atoms in total. The van der Waals surface area contributed by atoms with Crippen molar-refractivity contribution in [2.24, 2.45) is 0 Å². The summed E-state index contributed by atoms with van der Waals surface area (Å²) in [4.78, 5) is 19.8. The van der Waals surface area contributed by atoms with Crippen LogP contribution >= 0.6 is 0 Å². The van der Waals surface area contributed by atoms with Gasteiger partial charge in [-0.1, -0.05) is 132 Å². The number of fused-ring (bicyclic) bond motifs is 7. The maximum absolute atomic E-state index is 5.43. The summed E-state index contributed by atoms with van der Waals surface area (Å²) in [6, 6.07) is 58.7. The molecule has 5 heterocycles. The average molecular weight is 991 g/mol. The van der Waals surface area contributed by atoms with Crippen LogP contribution in [-0.2, 0) is 21.7 Å². The van der Waals surface area contributed by atoms with Gasteiger partial charge in [0.15, 0.2) is 0 Å². The van der Waals surface area contributed by atoms with Gasteiger partial charge >= 0.3 is 0 Å². The molecule has 0 spiro atoms. The van der Waals surface area contributed by atoms with Gasteiger partial charge in [-0.2, -0.15) is 0 Å². The SMILES string of the molecule is CC(C)(C)c1ccc2c(c1)c1cc(C(C)(C)C)ccc1n2-c1ccc(-c2cc3nc(-c4cccnc4)c(-c4cccnc4)nc3cc2-c2ccc(-n3c4ccc(C(C)(C)C)cc4c4cc(C(C)(C)C)ccc43)cc2)cc1. The topological polar surface area (TPSA) is 61.4 Å². The van der Waals surface area contributed by atoms with E-state index in [0.29, 0.717) is 0 Å². The van der Waals surface area contributed by atoms with Crippen molar-refractivity contribution < 1.29 is 0 Å². The fourth-order valence-corrected chi connectivity index (χ4v) is 11.0. The standard InChI is InChI=1S/C70H66N6/c1-67(2,3)47-21-29-61-55(35-47)56-36-48(68(4,5)6)22-30-62(56)75(61)51-25-17-43(18-26-51)53-39-59-60(74-66(46-16-14-34-72-42-46)65(73-59)45-15-13-33-71-41-45)40-54(53)44-19-27-52(28-20-44)76-63-31-23-49(69(7,8)9)37-57(63)58-38-50(70(10,11)12)24-32-64(58)76/h13-42H,1-12H3. The molecule has 0 aliphatic rings. The third kappa shape index (κ3) is 8.54. The smallest absolute Gasteiger partial charge is 0.0989 e. The predicted molar refractivity (Wildman–Crippen MR) is 320 cm³/mol. The lowest BCUT2D eigenvalue weighted by Crippen LogP contribution is -2.10. The molecule has 0 saturated carbocycles. The van der Waals surface area contributed by atoms with Crippen LogP contribution in [0.3, 0.4) is 0 Å². The van der Waals surface area contributed by atoms with Crippen LogP contribution in [0.15, 0.2) is 183 Å². The lowest BCUT2D eigenvalue weighted by atomic mass is 9.85. The second-order valence-electron chi connectivity index (χ2n) is 25.0. The molecule has 0 fully saturated rings. The number of pyridine rings is 2. The summed E-state index contributed by atoms with van der Waals surface area (Å²) in [6.07, 6.45) is 7.30. The van der Waals surface area contributed by atoms with E-state index in [0.717, 1.165) is 67.2 Å². The summed E-state index contributed by atoms with van der Waals surface area (Å²) >= 11 is 0. The molecule has 0 atom stereocenters. The molecule has 12 aromatic rings. The van der Waals surface area contributed by atoms with Crippen LogP contribution in [0.1, 0.15) is 105 Å². The molecule has 6 heteroatoms. The Morgan fingerprint density at radius 2 is 0.618 bits per heavy atom. The highest BCUT2D eigenvalue weighted by Crippen LogP contribution is 2.43. The Bertz CT molecular complexity index is 3790. The zero-order chi connectivity index (χ0) is 53.1. The van der Waals surface area contributed by atoms with E-state index in [1.54, 1.807) is 12.4 Å². The molecule has 0 unspecified atom stereocenters. The molecule has 0 radical (unpaired) electrons. The molecule has 0 saturated heterocycles. The van der Waals surface area contributed by atoms with E-state index < -0.39 is 0 Å². The maximum Gasteiger partial charge on any atom is 0.0989 e. The number of hydrogen-bond acceptors (Lipinski definition) is 4. The van der Waals surface area contributed by atoms with E-state index in [-0.39, 0.29) is 21.7 Å². The van der Waals surface area contributed by atoms with E-state index in [1.807, 2.05) is 36.7 Å². The van der Waals surface area contributed by atoms with Crippen LogP contribution in [0.25, 0.3) is 111 Å². The first-order chi connectivity index (χ1) is 36.2. The van der Waals surface area contributed by atoms with Gasteiger partial charge in [0.25, 0.3) is 0 Å². The summed E-state index contributed by atoms with van der Waals surface area (Å²) in [5.41, 5.74) is 21.6. The van der Waals surface area contributed by atoms with Gasteiger partial charge in [0.1, 0.15) is 0 Å². The normalized spacial score (nSPS) is 12.7. The Labute approximate surface area is 447 Å². The third-order valence-electron chi connectivity index (χ3n) is 15.5. The fourth-order valence-electron chi connectivity index (χ4n) is 11.0. The van der Waals surface area contributed by atoms with Gasteiger partial charge in [0.2, 0.25) is 0 Å². The molecule has 0 N–H and O–H groups in total. The van der Waals surface area contributed by atoms with Crippen molar-refractivity contribution in [2.75, 3.05) is 0 Å². The molecule has 12 rings (SSSR count). The summed E-state index contributed by atoms with van der Waals surface area (Å²) in [6.45, 7) is 27.5. The minimum atomic E-state index is 0.0191. The van der Waals surface area contributed by atoms with Gasteiger partial charge in [0.05, 0.1) is 44.5 Å². The molecule has 0 bridgehead atoms. The van der Waals surface area contributed by atoms with Crippen molar-refractivity contribution in [1.29, 1.82) is 0 Å². The largest absolute Gasteiger partial charge is 0.309 e. The number of hydrogen-bond donors (Lipinski definition) is 0. The minimum Gasteiger partial charge on any atom is -0.309 e. The van der Waals surface area contributed by atoms with Crippen molar-refractivity contribution in [3.63, 3.8) is 0 Å². The van der Waals surface area contributed by atoms with Crippen molar-refractivity contribution in [3.05, 3.63) is 205 Å². The van der Waals surface area contributed by atoms with Crippen LogP contribution in [0.2, 0.25) is 0 Å². The Hall–Kier alpha value is -8.22. The molecule has 0 amide bonds. The van der Waals surface area contributed by atoms with E-state index in [1.165, 1.54) is 65.9 Å². The number of benzene rings is 7. The van der Waals surface area contributed by atoms with Crippen molar-refractivity contribution >= 4 is 54.6 Å². The summed E-state index contributed by atoms with van der Waals surface area (Å²) in [5, 5.41) is 5.10. The van der Waals surface area contributed by atoms with Gasteiger partial charge in [0, 0.05) is 68.8 Å². The third-order valence-corrected chi connectivity index (χ3v) is 15.5. The number of nitrogens with zero attached hydrogens (tertiary/aromatic N) is 6. The summed E-state index contributed by atoms with van der Waals surface area (Å²) in [5.74, 6) is 0. The van der Waals surface area contributed by atoms with Gasteiger partial charge in [-0.15, -0.1) is 0 Å². The van der Waals surface area contributed by atoms with Crippen LogP contribution in [0.4, 0.5) is 0 Å². The van der Waals surface area contributed by atoms with Gasteiger partial charge in [-0.25, -0.2) is 9.97 Å². The Kier molecular flexibility index (Phi) is 11.3. The second-order valence-corrected chi connectivity index (χ2v) is 25.0. The van der Waals surface area contributed by atoms with E-state index in [9.17, 15) is 0 Å². The van der Waals surface area contributed by atoms with Crippen LogP contribution in [0.5, 0.6) is 0 Å². The van der Waals surface area contributed by atoms with Crippen molar-refractivity contribution in [2.45, 2.75) is 105 Å². The van der Waals surface area contributed by atoms with Gasteiger partial charge in [-0.3, -0.25) is 9.97 Å². The first-order valence-corrected chi connectivity index (χ1v) is 26.8. The Balaban J connectivity index is 1.04. The number of rotatable bonds is 6. The lowest BCUT2D eigenvalue weighted by Gasteiger charge is -2.19. The van der Waals surface area contributed by atoms with Crippen LogP contribution in [0, 0.1) is 0 Å². The van der Waals surface area contributed by atoms with Crippen LogP contribution < -0.4 is 0 Å². The predicted octanol–water partition coefficient (Wildman–Crippen LogP) is 18.5. The van der Waals surface area contributed by atoms with Gasteiger partial charge < -0.3 is 9.13 Å². The molecule has 5 aromatic heterocycles. The molecule has 76 heavy (non-hydrogen) atoms. The van der Waals surface area contributed by atoms with Crippen LogP contribution in [-0.4, -0.2) is 29.1 Å². The monoisotopic (exact) mass is 991 g/mol. The van der Waals surface area contributed by atoms with E-state index in [2.05, 4.69) is 236 Å². The Morgan fingerprint density at radius 1 is 0.316 bits per heavy atom. The molecule has 7 aromatic carbocycles. The van der Waals surface area contributed by atoms with E-state index in [4.69, 9.17) is 9.97 Å². The first-order valence-electron chi connectivity index (χ1n) is 26.8. The first kappa shape index (κ1) is 48.7. The molecule has 376 valence electrons. The minimum absolute atomic E-state index is 0.0191. The zero-order valence-corrected chi connectivity index (χ0v) is 46.0. The highest BCUT2D eigenvalue weighted by atomic mass is 15.0. The quantitative estimate of drug-likeness (QED) is 0.167. The van der Waals surface area contributed by atoms with Crippen molar-refractivity contribution in [1.82, 2.24) is 29.1 Å². The zero-order valence-electron chi connectivity index (χ0n) is 46.0. The number of aromatic nitrogens is 6. The molecular weight excluding hydrogens is 925 g/mol. The molecule has 0 aliphatic carbocycles. The van der Waals surface area contributed by atoms with Gasteiger partial charge in [-0.05, 0) is 175 Å². The van der Waals surface area contributed by atoms with E-state index >= 15 is 0 Å². The molecular formula is C70H66N6. The molecule has 0 aliphatic heterocycles. The highest BCUT2D eigenvalue weighted by Gasteiger charge is 2.24. The highest BCUT2D eigenvalue weighted by molar-refractivity contribution is 6.11. The Morgan fingerprint density at radius 3 is 0.882 bits per heavy atom. The van der Waals surface area contributed by atoms with Crippen molar-refractivity contribution in [3.8, 4) is 56.1 Å². The maximum atomic E-state index is 5.43.